The lowest BCUT2D eigenvalue weighted by molar-refractivity contribution is 0.271. The molecule has 1 aliphatic rings. The van der Waals surface area contributed by atoms with Crippen molar-refractivity contribution in [3.63, 3.8) is 0 Å². The molecule has 2 heterocycles. The molecule has 1 aliphatic heterocycles. The topological polar surface area (TPSA) is 19.6 Å². The van der Waals surface area contributed by atoms with Gasteiger partial charge in [-0.15, -0.1) is 0 Å². The lowest BCUT2D eigenvalue weighted by Gasteiger charge is -2.36. The number of fused-ring (bicyclic) bond motifs is 4. The van der Waals surface area contributed by atoms with Gasteiger partial charge in [-0.25, -0.2) is 0 Å². The lowest BCUT2D eigenvalue weighted by atomic mass is 10.0. The van der Waals surface area contributed by atoms with E-state index in [9.17, 15) is 0 Å². The standard InChI is InChI=1S/C24H24N2O/c1-16-12-13-20-19-9-5-7-11-22(19)27-24(20)23(16)26-17(2)25(3)15-14-18-8-4-6-10-21(18)26/h4-13,17H,14-15H2,1-3H3. The zero-order chi connectivity index (χ0) is 18.5. The van der Waals surface area contributed by atoms with Crippen molar-refractivity contribution in [2.24, 2.45) is 0 Å². The first-order chi connectivity index (χ1) is 13.1. The summed E-state index contributed by atoms with van der Waals surface area (Å²) in [5, 5.41) is 2.36. The molecule has 0 bridgehead atoms. The summed E-state index contributed by atoms with van der Waals surface area (Å²) in [6.07, 6.45) is 1.30. The lowest BCUT2D eigenvalue weighted by Crippen LogP contribution is -2.41. The van der Waals surface area contributed by atoms with Gasteiger partial charge in [0.05, 0.1) is 11.9 Å². The Morgan fingerprint density at radius 1 is 0.926 bits per heavy atom. The highest BCUT2D eigenvalue weighted by Crippen LogP contribution is 2.43. The SMILES string of the molecule is Cc1ccc2c(oc3ccccc32)c1N1c2ccccc2CCN(C)C1C. The van der Waals surface area contributed by atoms with E-state index in [-0.39, 0.29) is 6.17 Å². The molecule has 3 heteroatoms. The van der Waals surface area contributed by atoms with Crippen LogP contribution in [0.25, 0.3) is 21.9 Å². The Labute approximate surface area is 159 Å². The molecule has 0 fully saturated rings. The third-order valence-electron chi connectivity index (χ3n) is 5.96. The molecule has 1 aromatic heterocycles. The van der Waals surface area contributed by atoms with Crippen LogP contribution in [0.2, 0.25) is 0 Å². The van der Waals surface area contributed by atoms with E-state index in [4.69, 9.17) is 4.42 Å². The highest BCUT2D eigenvalue weighted by Gasteiger charge is 2.29. The second-order valence-electron chi connectivity index (χ2n) is 7.57. The van der Waals surface area contributed by atoms with Crippen LogP contribution in [0.1, 0.15) is 18.1 Å². The van der Waals surface area contributed by atoms with Crippen LogP contribution in [0.15, 0.2) is 65.1 Å². The summed E-state index contributed by atoms with van der Waals surface area (Å²) in [5.74, 6) is 0. The maximum atomic E-state index is 6.40. The van der Waals surface area contributed by atoms with Crippen LogP contribution < -0.4 is 4.90 Å². The number of hydrogen-bond donors (Lipinski definition) is 0. The fourth-order valence-electron chi connectivity index (χ4n) is 4.32. The van der Waals surface area contributed by atoms with Gasteiger partial charge < -0.3 is 9.32 Å². The first kappa shape index (κ1) is 16.4. The number of para-hydroxylation sites is 2. The number of likely N-dealkylation sites (N-methyl/N-ethyl adjacent to an activating group) is 1. The van der Waals surface area contributed by atoms with Crippen LogP contribution in [0.4, 0.5) is 11.4 Å². The molecule has 0 saturated carbocycles. The van der Waals surface area contributed by atoms with Gasteiger partial charge in [0.1, 0.15) is 5.58 Å². The molecule has 5 rings (SSSR count). The fourth-order valence-corrected chi connectivity index (χ4v) is 4.32. The minimum Gasteiger partial charge on any atom is -0.454 e. The van der Waals surface area contributed by atoms with Crippen LogP contribution in [0.3, 0.4) is 0 Å². The van der Waals surface area contributed by atoms with E-state index in [1.54, 1.807) is 0 Å². The highest BCUT2D eigenvalue weighted by molar-refractivity contribution is 6.10. The number of rotatable bonds is 1. The van der Waals surface area contributed by atoms with Gasteiger partial charge in [-0.3, -0.25) is 4.90 Å². The van der Waals surface area contributed by atoms with Gasteiger partial charge in [-0.05, 0) is 50.6 Å². The molecule has 3 nitrogen and oxygen atoms in total. The minimum absolute atomic E-state index is 0.242. The average molecular weight is 356 g/mol. The van der Waals surface area contributed by atoms with Crippen LogP contribution >= 0.6 is 0 Å². The molecule has 0 saturated heterocycles. The van der Waals surface area contributed by atoms with Crippen molar-refractivity contribution in [2.75, 3.05) is 18.5 Å². The number of benzene rings is 3. The second-order valence-corrected chi connectivity index (χ2v) is 7.57. The van der Waals surface area contributed by atoms with Gasteiger partial charge in [0, 0.05) is 23.0 Å². The molecule has 0 N–H and O–H groups in total. The Kier molecular flexibility index (Phi) is 3.73. The zero-order valence-electron chi connectivity index (χ0n) is 16.1. The van der Waals surface area contributed by atoms with Gasteiger partial charge in [0.15, 0.2) is 5.58 Å². The van der Waals surface area contributed by atoms with Gasteiger partial charge in [-0.2, -0.15) is 0 Å². The second kappa shape index (κ2) is 6.14. The van der Waals surface area contributed by atoms with E-state index in [1.807, 2.05) is 6.07 Å². The molecule has 1 atom stereocenters. The molecular formula is C24H24N2O. The molecule has 27 heavy (non-hydrogen) atoms. The molecular weight excluding hydrogens is 332 g/mol. The smallest absolute Gasteiger partial charge is 0.159 e. The van der Waals surface area contributed by atoms with Crippen molar-refractivity contribution in [3.05, 3.63) is 71.8 Å². The summed E-state index contributed by atoms with van der Waals surface area (Å²) in [6, 6.07) is 21.5. The summed E-state index contributed by atoms with van der Waals surface area (Å²) in [5.41, 5.74) is 7.01. The predicted octanol–water partition coefficient (Wildman–Crippen LogP) is 5.87. The predicted molar refractivity (Wildman–Crippen MR) is 113 cm³/mol. The summed E-state index contributed by atoms with van der Waals surface area (Å²) in [7, 11) is 2.21. The van der Waals surface area contributed by atoms with Gasteiger partial charge in [0.25, 0.3) is 0 Å². The fraction of sp³-hybridized carbons (Fsp3) is 0.250. The van der Waals surface area contributed by atoms with Crippen molar-refractivity contribution >= 4 is 33.3 Å². The normalized spacial score (nSPS) is 18.0. The van der Waals surface area contributed by atoms with Gasteiger partial charge in [-0.1, -0.05) is 48.5 Å². The van der Waals surface area contributed by atoms with Crippen molar-refractivity contribution in [1.82, 2.24) is 4.90 Å². The van der Waals surface area contributed by atoms with E-state index in [0.29, 0.717) is 0 Å². The van der Waals surface area contributed by atoms with Crippen molar-refractivity contribution in [1.29, 1.82) is 0 Å². The minimum atomic E-state index is 0.242. The Balaban J connectivity index is 1.85. The van der Waals surface area contributed by atoms with Crippen LogP contribution in [0, 0.1) is 6.92 Å². The van der Waals surface area contributed by atoms with Crippen LogP contribution in [-0.2, 0) is 6.42 Å². The Morgan fingerprint density at radius 2 is 1.70 bits per heavy atom. The van der Waals surface area contributed by atoms with Gasteiger partial charge in [0.2, 0.25) is 0 Å². The third-order valence-corrected chi connectivity index (χ3v) is 5.96. The number of anilines is 2. The zero-order valence-corrected chi connectivity index (χ0v) is 16.1. The third kappa shape index (κ3) is 2.46. The molecule has 4 aromatic rings. The summed E-state index contributed by atoms with van der Waals surface area (Å²) < 4.78 is 6.40. The summed E-state index contributed by atoms with van der Waals surface area (Å²) in [6.45, 7) is 5.51. The quantitative estimate of drug-likeness (QED) is 0.425. The number of hydrogen-bond acceptors (Lipinski definition) is 3. The van der Waals surface area contributed by atoms with Crippen molar-refractivity contribution < 1.29 is 4.42 Å². The van der Waals surface area contributed by atoms with Crippen LogP contribution in [0.5, 0.6) is 0 Å². The number of nitrogens with zero attached hydrogens (tertiary/aromatic N) is 2. The maximum Gasteiger partial charge on any atom is 0.159 e. The molecule has 0 spiro atoms. The van der Waals surface area contributed by atoms with E-state index in [2.05, 4.69) is 85.3 Å². The Morgan fingerprint density at radius 3 is 2.59 bits per heavy atom. The molecule has 0 aliphatic carbocycles. The number of aryl methyl sites for hydroxylation is 1. The van der Waals surface area contributed by atoms with Crippen LogP contribution in [-0.4, -0.2) is 24.7 Å². The van der Waals surface area contributed by atoms with E-state index >= 15 is 0 Å². The van der Waals surface area contributed by atoms with Crippen molar-refractivity contribution in [2.45, 2.75) is 26.4 Å². The molecule has 1 unspecified atom stereocenters. The molecule has 0 radical (unpaired) electrons. The Hall–Kier alpha value is -2.78. The average Bonchev–Trinajstić information content (AvgIpc) is 3.01. The first-order valence-electron chi connectivity index (χ1n) is 9.63. The number of furan rings is 1. The van der Waals surface area contributed by atoms with E-state index < -0.39 is 0 Å². The summed E-state index contributed by atoms with van der Waals surface area (Å²) >= 11 is 0. The largest absolute Gasteiger partial charge is 0.454 e. The maximum absolute atomic E-state index is 6.40. The molecule has 136 valence electrons. The first-order valence-corrected chi connectivity index (χ1v) is 9.63. The Bertz CT molecular complexity index is 1140. The summed E-state index contributed by atoms with van der Waals surface area (Å²) in [4.78, 5) is 4.88. The van der Waals surface area contributed by atoms with Gasteiger partial charge >= 0.3 is 0 Å². The highest BCUT2D eigenvalue weighted by atomic mass is 16.3. The monoisotopic (exact) mass is 356 g/mol. The molecule has 3 aromatic carbocycles. The van der Waals surface area contributed by atoms with Crippen molar-refractivity contribution in [3.8, 4) is 0 Å². The molecule has 0 amide bonds. The van der Waals surface area contributed by atoms with E-state index in [0.717, 1.165) is 24.1 Å². The van der Waals surface area contributed by atoms with E-state index in [1.165, 1.54) is 33.3 Å².